The molecule has 0 atom stereocenters. The highest BCUT2D eigenvalue weighted by atomic mass is 79.9. The molecule has 2 aromatic carbocycles. The smallest absolute Gasteiger partial charge is 0.255 e. The predicted octanol–water partition coefficient (Wildman–Crippen LogP) is 4.79. The van der Waals surface area contributed by atoms with Crippen LogP contribution in [0, 0.1) is 6.92 Å². The van der Waals surface area contributed by atoms with E-state index in [1.807, 2.05) is 43.3 Å². The lowest BCUT2D eigenvalue weighted by molar-refractivity contribution is 0.102. The van der Waals surface area contributed by atoms with E-state index >= 15 is 0 Å². The van der Waals surface area contributed by atoms with Gasteiger partial charge in [-0.2, -0.15) is 0 Å². The number of hydrogen-bond acceptors (Lipinski definition) is 1. The molecule has 104 valence electrons. The molecule has 0 saturated carbocycles. The van der Waals surface area contributed by atoms with E-state index < -0.39 is 0 Å². The van der Waals surface area contributed by atoms with E-state index in [2.05, 4.69) is 21.2 Å². The highest BCUT2D eigenvalue weighted by Crippen LogP contribution is 2.18. The van der Waals surface area contributed by atoms with E-state index in [9.17, 15) is 4.79 Å². The van der Waals surface area contributed by atoms with Gasteiger partial charge >= 0.3 is 0 Å². The van der Waals surface area contributed by atoms with Crippen molar-refractivity contribution in [3.05, 3.63) is 63.6 Å². The summed E-state index contributed by atoms with van der Waals surface area (Å²) in [6.45, 7) is 1.96. The van der Waals surface area contributed by atoms with Crippen LogP contribution in [0.3, 0.4) is 0 Å². The topological polar surface area (TPSA) is 29.1 Å². The van der Waals surface area contributed by atoms with Gasteiger partial charge in [0.1, 0.15) is 0 Å². The molecule has 0 heterocycles. The van der Waals surface area contributed by atoms with Crippen LogP contribution in [-0.2, 0) is 6.42 Å². The molecule has 0 aliphatic rings. The molecule has 1 amide bonds. The van der Waals surface area contributed by atoms with Crippen LogP contribution in [0.1, 0.15) is 21.5 Å². The standard InChI is InChI=1S/C16H15BrClNO/c1-11-10-13(4-7-15(11)17)16(20)19-14-5-2-12(3-6-14)8-9-18/h2-7,10H,8-9H2,1H3,(H,19,20). The summed E-state index contributed by atoms with van der Waals surface area (Å²) >= 11 is 9.12. The van der Waals surface area contributed by atoms with Gasteiger partial charge < -0.3 is 5.32 Å². The second kappa shape index (κ2) is 6.91. The fourth-order valence-electron chi connectivity index (χ4n) is 1.85. The Balaban J connectivity index is 2.08. The number of hydrogen-bond donors (Lipinski definition) is 1. The van der Waals surface area contributed by atoms with Crippen LogP contribution in [0.4, 0.5) is 5.69 Å². The molecular weight excluding hydrogens is 338 g/mol. The van der Waals surface area contributed by atoms with Gasteiger partial charge in [-0.15, -0.1) is 11.6 Å². The van der Waals surface area contributed by atoms with E-state index in [0.29, 0.717) is 11.4 Å². The maximum Gasteiger partial charge on any atom is 0.255 e. The van der Waals surface area contributed by atoms with Gasteiger partial charge in [-0.3, -0.25) is 4.79 Å². The highest BCUT2D eigenvalue weighted by molar-refractivity contribution is 9.10. The lowest BCUT2D eigenvalue weighted by atomic mass is 10.1. The number of carbonyl (C=O) groups is 1. The van der Waals surface area contributed by atoms with Crippen LogP contribution in [0.2, 0.25) is 0 Å². The fourth-order valence-corrected chi connectivity index (χ4v) is 2.32. The maximum atomic E-state index is 12.1. The number of amides is 1. The summed E-state index contributed by atoms with van der Waals surface area (Å²) < 4.78 is 1.000. The minimum Gasteiger partial charge on any atom is -0.322 e. The lowest BCUT2D eigenvalue weighted by Crippen LogP contribution is -2.12. The quantitative estimate of drug-likeness (QED) is 0.787. The van der Waals surface area contributed by atoms with Crippen molar-refractivity contribution >= 4 is 39.1 Å². The first-order valence-electron chi connectivity index (χ1n) is 6.32. The van der Waals surface area contributed by atoms with Crippen LogP contribution in [0.15, 0.2) is 46.9 Å². The fraction of sp³-hybridized carbons (Fsp3) is 0.188. The molecule has 0 bridgehead atoms. The summed E-state index contributed by atoms with van der Waals surface area (Å²) in [5.74, 6) is 0.495. The molecule has 0 fully saturated rings. The molecule has 2 aromatic rings. The highest BCUT2D eigenvalue weighted by Gasteiger charge is 2.07. The third-order valence-electron chi connectivity index (χ3n) is 3.02. The molecule has 0 unspecified atom stereocenters. The molecule has 0 radical (unpaired) electrons. The molecular formula is C16H15BrClNO. The van der Waals surface area contributed by atoms with Crippen molar-refractivity contribution in [3.63, 3.8) is 0 Å². The van der Waals surface area contributed by atoms with Gasteiger partial charge in [0, 0.05) is 21.6 Å². The molecule has 0 spiro atoms. The van der Waals surface area contributed by atoms with Crippen molar-refractivity contribution in [2.45, 2.75) is 13.3 Å². The van der Waals surface area contributed by atoms with Crippen molar-refractivity contribution in [1.82, 2.24) is 0 Å². The van der Waals surface area contributed by atoms with Gasteiger partial charge in [0.05, 0.1) is 0 Å². The Bertz CT molecular complexity index is 610. The van der Waals surface area contributed by atoms with Crippen molar-refractivity contribution in [2.75, 3.05) is 11.2 Å². The van der Waals surface area contributed by atoms with Crippen molar-refractivity contribution in [1.29, 1.82) is 0 Å². The van der Waals surface area contributed by atoms with Crippen molar-refractivity contribution in [3.8, 4) is 0 Å². The second-order valence-electron chi connectivity index (χ2n) is 4.55. The Morgan fingerprint density at radius 1 is 1.20 bits per heavy atom. The first-order chi connectivity index (χ1) is 9.60. The minimum atomic E-state index is -0.106. The Labute approximate surface area is 132 Å². The van der Waals surface area contributed by atoms with Gasteiger partial charge in [-0.25, -0.2) is 0 Å². The summed E-state index contributed by atoms with van der Waals surface area (Å²) in [6.07, 6.45) is 0.835. The predicted molar refractivity (Wildman–Crippen MR) is 87.7 cm³/mol. The Morgan fingerprint density at radius 2 is 1.90 bits per heavy atom. The number of nitrogens with one attached hydrogen (secondary N) is 1. The van der Waals surface area contributed by atoms with E-state index in [4.69, 9.17) is 11.6 Å². The Hall–Kier alpha value is -1.32. The number of halogens is 2. The molecule has 2 rings (SSSR count). The van der Waals surface area contributed by atoms with Gasteiger partial charge in [0.25, 0.3) is 5.91 Å². The molecule has 20 heavy (non-hydrogen) atoms. The number of carbonyl (C=O) groups excluding carboxylic acids is 1. The zero-order valence-corrected chi connectivity index (χ0v) is 13.5. The van der Waals surface area contributed by atoms with Crippen LogP contribution in [0.5, 0.6) is 0 Å². The first kappa shape index (κ1) is 15.1. The SMILES string of the molecule is Cc1cc(C(=O)Nc2ccc(CCCl)cc2)ccc1Br. The number of alkyl halides is 1. The summed E-state index contributed by atoms with van der Waals surface area (Å²) in [4.78, 5) is 12.1. The monoisotopic (exact) mass is 351 g/mol. The minimum absolute atomic E-state index is 0.106. The Morgan fingerprint density at radius 3 is 2.50 bits per heavy atom. The van der Waals surface area contributed by atoms with E-state index in [1.165, 1.54) is 0 Å². The lowest BCUT2D eigenvalue weighted by Gasteiger charge is -2.07. The number of aryl methyl sites for hydroxylation is 2. The first-order valence-corrected chi connectivity index (χ1v) is 7.65. The molecule has 4 heteroatoms. The van der Waals surface area contributed by atoms with Crippen LogP contribution < -0.4 is 5.32 Å². The number of benzene rings is 2. The van der Waals surface area contributed by atoms with Crippen LogP contribution in [0.25, 0.3) is 0 Å². The van der Waals surface area contributed by atoms with Crippen molar-refractivity contribution < 1.29 is 4.79 Å². The normalized spacial score (nSPS) is 10.3. The molecule has 0 saturated heterocycles. The number of rotatable bonds is 4. The van der Waals surface area contributed by atoms with Crippen LogP contribution in [-0.4, -0.2) is 11.8 Å². The summed E-state index contributed by atoms with van der Waals surface area (Å²) in [5.41, 5.74) is 3.64. The summed E-state index contributed by atoms with van der Waals surface area (Å²) in [7, 11) is 0. The third kappa shape index (κ3) is 3.84. The zero-order chi connectivity index (χ0) is 14.5. The Kier molecular flexibility index (Phi) is 5.21. The van der Waals surface area contributed by atoms with Gasteiger partial charge in [-0.1, -0.05) is 28.1 Å². The van der Waals surface area contributed by atoms with Crippen LogP contribution >= 0.6 is 27.5 Å². The molecule has 1 N–H and O–H groups in total. The molecule has 2 nitrogen and oxygen atoms in total. The number of anilines is 1. The summed E-state index contributed by atoms with van der Waals surface area (Å²) in [6, 6.07) is 13.3. The van der Waals surface area contributed by atoms with E-state index in [0.717, 1.165) is 27.7 Å². The third-order valence-corrected chi connectivity index (χ3v) is 4.09. The zero-order valence-electron chi connectivity index (χ0n) is 11.1. The molecule has 0 aliphatic heterocycles. The van der Waals surface area contributed by atoms with E-state index in [1.54, 1.807) is 6.07 Å². The maximum absolute atomic E-state index is 12.1. The van der Waals surface area contributed by atoms with Crippen molar-refractivity contribution in [2.24, 2.45) is 0 Å². The van der Waals surface area contributed by atoms with Gasteiger partial charge in [0.15, 0.2) is 0 Å². The average molecular weight is 353 g/mol. The average Bonchev–Trinajstić information content (AvgIpc) is 2.44. The second-order valence-corrected chi connectivity index (χ2v) is 5.79. The van der Waals surface area contributed by atoms with Gasteiger partial charge in [-0.05, 0) is 54.8 Å². The molecule has 0 aliphatic carbocycles. The molecule has 0 aromatic heterocycles. The largest absolute Gasteiger partial charge is 0.322 e. The van der Waals surface area contributed by atoms with Gasteiger partial charge in [0.2, 0.25) is 0 Å². The summed E-state index contributed by atoms with van der Waals surface area (Å²) in [5, 5.41) is 2.89. The van der Waals surface area contributed by atoms with E-state index in [-0.39, 0.29) is 5.91 Å².